The van der Waals surface area contributed by atoms with Gasteiger partial charge in [-0.15, -0.1) is 0 Å². The normalized spacial score (nSPS) is 27.1. The van der Waals surface area contributed by atoms with Crippen molar-refractivity contribution in [2.75, 3.05) is 20.1 Å². The van der Waals surface area contributed by atoms with Crippen molar-refractivity contribution >= 4 is 5.91 Å². The average molecular weight is 248 g/mol. The number of hydrogen-bond donors (Lipinski definition) is 1. The van der Waals surface area contributed by atoms with E-state index in [4.69, 9.17) is 0 Å². The Bertz CT molecular complexity index is 461. The van der Waals surface area contributed by atoms with Gasteiger partial charge in [-0.05, 0) is 31.5 Å². The van der Waals surface area contributed by atoms with Gasteiger partial charge in [-0.2, -0.15) is 5.10 Å². The number of nitrogens with one attached hydrogen (secondary N) is 1. The van der Waals surface area contributed by atoms with Crippen molar-refractivity contribution in [3.63, 3.8) is 0 Å². The molecule has 0 saturated carbocycles. The minimum absolute atomic E-state index is 0.00532. The van der Waals surface area contributed by atoms with Gasteiger partial charge in [0.2, 0.25) is 5.91 Å². The summed E-state index contributed by atoms with van der Waals surface area (Å²) >= 11 is 0. The van der Waals surface area contributed by atoms with Gasteiger partial charge < -0.3 is 10.2 Å². The van der Waals surface area contributed by atoms with Crippen LogP contribution in [0.5, 0.6) is 0 Å². The molecule has 1 aromatic rings. The molecule has 2 fully saturated rings. The van der Waals surface area contributed by atoms with Crippen LogP contribution >= 0.6 is 0 Å². The molecule has 1 aromatic heterocycles. The first-order valence-electron chi connectivity index (χ1n) is 6.59. The third-order valence-corrected chi connectivity index (χ3v) is 4.67. The second kappa shape index (κ2) is 4.09. The molecule has 3 rings (SSSR count). The fourth-order valence-corrected chi connectivity index (χ4v) is 3.58. The highest BCUT2D eigenvalue weighted by Gasteiger charge is 2.51. The number of aromatic nitrogens is 2. The highest BCUT2D eigenvalue weighted by atomic mass is 16.2. The monoisotopic (exact) mass is 248 g/mol. The topological polar surface area (TPSA) is 50.2 Å². The number of nitrogens with zero attached hydrogens (tertiary/aromatic N) is 3. The van der Waals surface area contributed by atoms with E-state index in [1.807, 2.05) is 29.9 Å². The zero-order valence-electron chi connectivity index (χ0n) is 11.0. The van der Waals surface area contributed by atoms with Crippen LogP contribution in [0.15, 0.2) is 12.4 Å². The highest BCUT2D eigenvalue weighted by Crippen LogP contribution is 2.46. The Morgan fingerprint density at radius 1 is 1.39 bits per heavy atom. The summed E-state index contributed by atoms with van der Waals surface area (Å²) in [6.07, 6.45) is 6.67. The second-order valence-electron chi connectivity index (χ2n) is 5.51. The van der Waals surface area contributed by atoms with Gasteiger partial charge >= 0.3 is 0 Å². The zero-order valence-corrected chi connectivity index (χ0v) is 11.0. The summed E-state index contributed by atoms with van der Waals surface area (Å²) in [4.78, 5) is 14.1. The Hall–Kier alpha value is -1.36. The lowest BCUT2D eigenvalue weighted by Gasteiger charge is -2.43. The summed E-state index contributed by atoms with van der Waals surface area (Å²) in [7, 11) is 3.89. The maximum absolute atomic E-state index is 12.1. The molecule has 1 N–H and O–H groups in total. The standard InChI is InChI=1S/C13H20N4O/c1-16-9-10(8-15-16)11-7-12(18)17(2)13(11)3-5-14-6-4-13/h8-9,11,14H,3-7H2,1-2H3. The molecule has 2 aliphatic rings. The van der Waals surface area contributed by atoms with E-state index >= 15 is 0 Å². The molecular weight excluding hydrogens is 228 g/mol. The molecule has 98 valence electrons. The third-order valence-electron chi connectivity index (χ3n) is 4.67. The first-order valence-corrected chi connectivity index (χ1v) is 6.59. The molecule has 1 unspecified atom stereocenters. The van der Waals surface area contributed by atoms with Crippen LogP contribution in [0.3, 0.4) is 0 Å². The predicted octanol–water partition coefficient (Wildman–Crippen LogP) is 0.488. The molecule has 1 amide bonds. The number of carbonyl (C=O) groups is 1. The molecule has 1 atom stereocenters. The summed E-state index contributed by atoms with van der Waals surface area (Å²) < 4.78 is 1.83. The molecular formula is C13H20N4O. The van der Waals surface area contributed by atoms with E-state index in [2.05, 4.69) is 16.6 Å². The number of hydrogen-bond acceptors (Lipinski definition) is 3. The van der Waals surface area contributed by atoms with Gasteiger partial charge in [0.05, 0.1) is 11.7 Å². The number of carbonyl (C=O) groups excluding carboxylic acids is 1. The fraction of sp³-hybridized carbons (Fsp3) is 0.692. The van der Waals surface area contributed by atoms with Crippen LogP contribution in [0.4, 0.5) is 0 Å². The highest BCUT2D eigenvalue weighted by molar-refractivity contribution is 5.81. The second-order valence-corrected chi connectivity index (χ2v) is 5.51. The number of amides is 1. The number of likely N-dealkylation sites (N-methyl/N-ethyl adjacent to an activating group) is 1. The van der Waals surface area contributed by atoms with Crippen LogP contribution < -0.4 is 5.32 Å². The van der Waals surface area contributed by atoms with Crippen molar-refractivity contribution in [1.29, 1.82) is 0 Å². The van der Waals surface area contributed by atoms with E-state index in [9.17, 15) is 4.79 Å². The summed E-state index contributed by atoms with van der Waals surface area (Å²) in [5.74, 6) is 0.566. The van der Waals surface area contributed by atoms with Crippen molar-refractivity contribution in [3.8, 4) is 0 Å². The van der Waals surface area contributed by atoms with Crippen LogP contribution in [0.2, 0.25) is 0 Å². The maximum atomic E-state index is 12.1. The Morgan fingerprint density at radius 2 is 2.11 bits per heavy atom. The van der Waals surface area contributed by atoms with Gasteiger partial charge in [0.25, 0.3) is 0 Å². The van der Waals surface area contributed by atoms with E-state index in [1.54, 1.807) is 0 Å². The molecule has 0 aliphatic carbocycles. The van der Waals surface area contributed by atoms with Crippen molar-refractivity contribution < 1.29 is 4.79 Å². The molecule has 2 aliphatic heterocycles. The number of likely N-dealkylation sites (tertiary alicyclic amines) is 1. The Labute approximate surface area is 107 Å². The van der Waals surface area contributed by atoms with E-state index in [-0.39, 0.29) is 11.4 Å². The van der Waals surface area contributed by atoms with Gasteiger partial charge in [-0.25, -0.2) is 0 Å². The van der Waals surface area contributed by atoms with Crippen LogP contribution in [-0.2, 0) is 11.8 Å². The molecule has 18 heavy (non-hydrogen) atoms. The molecule has 5 nitrogen and oxygen atoms in total. The van der Waals surface area contributed by atoms with Gasteiger partial charge in [-0.3, -0.25) is 9.48 Å². The lowest BCUT2D eigenvalue weighted by atomic mass is 9.75. The SMILES string of the molecule is CN1C(=O)CC(c2cnn(C)c2)C12CCNCC2. The molecule has 0 aromatic carbocycles. The average Bonchev–Trinajstić information content (AvgIpc) is 2.89. The van der Waals surface area contributed by atoms with Crippen LogP contribution in [0.1, 0.15) is 30.7 Å². The largest absolute Gasteiger partial charge is 0.339 e. The molecule has 5 heteroatoms. The zero-order chi connectivity index (χ0) is 12.8. The van der Waals surface area contributed by atoms with Crippen molar-refractivity contribution in [1.82, 2.24) is 20.0 Å². The molecule has 0 radical (unpaired) electrons. The van der Waals surface area contributed by atoms with Crippen LogP contribution in [0, 0.1) is 0 Å². The molecule has 2 saturated heterocycles. The smallest absolute Gasteiger partial charge is 0.223 e. The first kappa shape index (κ1) is 11.7. The van der Waals surface area contributed by atoms with Crippen LogP contribution in [0.25, 0.3) is 0 Å². The summed E-state index contributed by atoms with van der Waals surface area (Å²) in [5, 5.41) is 7.65. The Balaban J connectivity index is 1.99. The fourth-order valence-electron chi connectivity index (χ4n) is 3.58. The number of aryl methyl sites for hydroxylation is 1. The quantitative estimate of drug-likeness (QED) is 0.787. The first-order chi connectivity index (χ1) is 8.63. The minimum atomic E-state index is 0.00532. The van der Waals surface area contributed by atoms with Gasteiger partial charge in [0.1, 0.15) is 0 Å². The van der Waals surface area contributed by atoms with E-state index in [0.717, 1.165) is 25.9 Å². The van der Waals surface area contributed by atoms with Gasteiger partial charge in [-0.1, -0.05) is 0 Å². The lowest BCUT2D eigenvalue weighted by Crippen LogP contribution is -2.53. The summed E-state index contributed by atoms with van der Waals surface area (Å²) in [6, 6.07) is 0. The Morgan fingerprint density at radius 3 is 2.72 bits per heavy atom. The van der Waals surface area contributed by atoms with E-state index in [0.29, 0.717) is 12.3 Å². The minimum Gasteiger partial charge on any atom is -0.339 e. The lowest BCUT2D eigenvalue weighted by molar-refractivity contribution is -0.130. The van der Waals surface area contributed by atoms with E-state index < -0.39 is 0 Å². The molecule has 1 spiro atoms. The molecule has 3 heterocycles. The van der Waals surface area contributed by atoms with Crippen LogP contribution in [-0.4, -0.2) is 46.3 Å². The van der Waals surface area contributed by atoms with Gasteiger partial charge in [0.15, 0.2) is 0 Å². The number of piperidine rings is 1. The van der Waals surface area contributed by atoms with Crippen molar-refractivity contribution in [3.05, 3.63) is 18.0 Å². The Kier molecular flexibility index (Phi) is 2.66. The van der Waals surface area contributed by atoms with Crippen molar-refractivity contribution in [2.45, 2.75) is 30.7 Å². The van der Waals surface area contributed by atoms with E-state index in [1.165, 1.54) is 5.56 Å². The van der Waals surface area contributed by atoms with Crippen molar-refractivity contribution in [2.24, 2.45) is 7.05 Å². The number of rotatable bonds is 1. The maximum Gasteiger partial charge on any atom is 0.223 e. The summed E-state index contributed by atoms with van der Waals surface area (Å²) in [5.41, 5.74) is 1.21. The third kappa shape index (κ3) is 1.57. The van der Waals surface area contributed by atoms with Gasteiger partial charge in [0, 0.05) is 32.6 Å². The predicted molar refractivity (Wildman–Crippen MR) is 68.2 cm³/mol. The summed E-state index contributed by atoms with van der Waals surface area (Å²) in [6.45, 7) is 1.99. The molecule has 0 bridgehead atoms.